The Kier molecular flexibility index (Phi) is 13.5. The van der Waals surface area contributed by atoms with Crippen LogP contribution in [0.3, 0.4) is 0 Å². The second-order valence-corrected chi connectivity index (χ2v) is 9.61. The van der Waals surface area contributed by atoms with E-state index in [0.717, 1.165) is 31.4 Å². The molecule has 29 heavy (non-hydrogen) atoms. The van der Waals surface area contributed by atoms with E-state index in [1.165, 1.54) is 28.5 Å². The molecular weight excluding hydrogens is 386 g/mol. The van der Waals surface area contributed by atoms with Gasteiger partial charge in [-0.2, -0.15) is 11.8 Å². The molecule has 0 radical (unpaired) electrons. The number of ether oxygens (including phenoxy) is 1. The van der Waals surface area contributed by atoms with Gasteiger partial charge in [0.05, 0.1) is 0 Å². The normalized spacial score (nSPS) is 13.6. The number of carboxylic acid groups (broad SMARTS) is 1. The molecule has 0 aromatic carbocycles. The molecule has 0 saturated carbocycles. The topological polar surface area (TPSA) is 75.6 Å². The number of alkyl carbamates (subject to hydrolysis) is 1. The lowest BCUT2D eigenvalue weighted by Gasteiger charge is -2.21. The number of aliphatic carboxylic acids is 1. The summed E-state index contributed by atoms with van der Waals surface area (Å²) >= 11 is 1.48. The quantitative estimate of drug-likeness (QED) is 0.291. The summed E-state index contributed by atoms with van der Waals surface area (Å²) in [5.74, 6) is -0.0471. The van der Waals surface area contributed by atoms with E-state index >= 15 is 0 Å². The van der Waals surface area contributed by atoms with Crippen molar-refractivity contribution in [3.8, 4) is 0 Å². The molecule has 0 aliphatic rings. The van der Waals surface area contributed by atoms with Crippen LogP contribution in [0.25, 0.3) is 0 Å². The molecule has 0 saturated heterocycles. The summed E-state index contributed by atoms with van der Waals surface area (Å²) in [5.41, 5.74) is 3.42. The Hall–Kier alpha value is -1.69. The zero-order valence-electron chi connectivity index (χ0n) is 19.1. The van der Waals surface area contributed by atoms with Gasteiger partial charge < -0.3 is 15.2 Å². The van der Waals surface area contributed by atoms with E-state index in [-0.39, 0.29) is 0 Å². The summed E-state index contributed by atoms with van der Waals surface area (Å²) in [6.45, 7) is 13.7. The zero-order chi connectivity index (χ0) is 22.4. The fourth-order valence-corrected chi connectivity index (χ4v) is 3.35. The van der Waals surface area contributed by atoms with Gasteiger partial charge in [0.15, 0.2) is 0 Å². The molecule has 0 rings (SSSR count). The standard InChI is InChI=1S/C23H39NO4S/c1-17(2)10-8-11-18(3)12-9-13-19(4)14-15-29-16-20(21(25)26)24-22(27)28-23(5,6)7/h10,12,14,20H,8-9,11,13,15-16H2,1-7H3,(H,24,27)(H,25,26)/t20-/m0/s1. The van der Waals surface area contributed by atoms with Gasteiger partial charge in [-0.1, -0.05) is 34.9 Å². The molecule has 1 amide bonds. The average molecular weight is 426 g/mol. The lowest BCUT2D eigenvalue weighted by atomic mass is 10.1. The minimum Gasteiger partial charge on any atom is -0.480 e. The van der Waals surface area contributed by atoms with Gasteiger partial charge in [0, 0.05) is 11.5 Å². The number of hydrogen-bond donors (Lipinski definition) is 2. The first-order chi connectivity index (χ1) is 13.4. The third-order valence-corrected chi connectivity index (χ3v) is 4.92. The Labute approximate surface area is 181 Å². The number of amides is 1. The molecule has 166 valence electrons. The van der Waals surface area contributed by atoms with Crippen molar-refractivity contribution in [3.63, 3.8) is 0 Å². The smallest absolute Gasteiger partial charge is 0.408 e. The van der Waals surface area contributed by atoms with Crippen LogP contribution in [0.2, 0.25) is 0 Å². The maximum absolute atomic E-state index is 11.8. The molecule has 1 atom stereocenters. The molecule has 2 N–H and O–H groups in total. The molecule has 0 heterocycles. The molecule has 0 bridgehead atoms. The van der Waals surface area contributed by atoms with Crippen LogP contribution in [0, 0.1) is 0 Å². The minimum absolute atomic E-state index is 0.293. The van der Waals surface area contributed by atoms with Gasteiger partial charge >= 0.3 is 12.1 Å². The van der Waals surface area contributed by atoms with Gasteiger partial charge in [-0.15, -0.1) is 0 Å². The van der Waals surface area contributed by atoms with Gasteiger partial charge in [0.2, 0.25) is 0 Å². The van der Waals surface area contributed by atoms with Crippen molar-refractivity contribution in [1.29, 1.82) is 0 Å². The van der Waals surface area contributed by atoms with E-state index in [9.17, 15) is 14.7 Å². The fourth-order valence-electron chi connectivity index (χ4n) is 2.35. The van der Waals surface area contributed by atoms with Crippen molar-refractivity contribution in [1.82, 2.24) is 5.32 Å². The van der Waals surface area contributed by atoms with Crippen molar-refractivity contribution >= 4 is 23.8 Å². The summed E-state index contributed by atoms with van der Waals surface area (Å²) in [7, 11) is 0. The SMILES string of the molecule is CC(C)=CCCC(C)=CCCC(C)=CCSC[C@H](NC(=O)OC(C)(C)C)C(=O)O. The van der Waals surface area contributed by atoms with Crippen molar-refractivity contribution < 1.29 is 19.4 Å². The monoisotopic (exact) mass is 425 g/mol. The summed E-state index contributed by atoms with van der Waals surface area (Å²) in [6.07, 6.45) is 10.2. The zero-order valence-corrected chi connectivity index (χ0v) is 19.9. The first-order valence-electron chi connectivity index (χ1n) is 10.2. The highest BCUT2D eigenvalue weighted by atomic mass is 32.2. The number of thioether (sulfide) groups is 1. The average Bonchev–Trinajstić information content (AvgIpc) is 2.55. The lowest BCUT2D eigenvalue weighted by Crippen LogP contribution is -2.44. The molecule has 6 heteroatoms. The van der Waals surface area contributed by atoms with Crippen LogP contribution in [0.15, 0.2) is 34.9 Å². The van der Waals surface area contributed by atoms with Crippen molar-refractivity contribution in [2.75, 3.05) is 11.5 Å². The fraction of sp³-hybridized carbons (Fsp3) is 0.652. The Bertz CT molecular complexity index is 611. The van der Waals surface area contributed by atoms with E-state index in [1.54, 1.807) is 20.8 Å². The van der Waals surface area contributed by atoms with E-state index in [1.807, 2.05) is 0 Å². The molecule has 5 nitrogen and oxygen atoms in total. The van der Waals surface area contributed by atoms with Crippen molar-refractivity contribution in [2.45, 2.75) is 85.8 Å². The molecule has 0 aromatic rings. The number of carboxylic acids is 1. The maximum Gasteiger partial charge on any atom is 0.408 e. The number of hydrogen-bond acceptors (Lipinski definition) is 4. The third-order valence-electron chi connectivity index (χ3n) is 3.95. The maximum atomic E-state index is 11.8. The second-order valence-electron chi connectivity index (χ2n) is 8.53. The Morgan fingerprint density at radius 1 is 1.00 bits per heavy atom. The second kappa shape index (κ2) is 14.3. The van der Waals surface area contributed by atoms with E-state index in [0.29, 0.717) is 5.75 Å². The van der Waals surface area contributed by atoms with Crippen molar-refractivity contribution in [2.24, 2.45) is 0 Å². The molecule has 0 fully saturated rings. The number of rotatable bonds is 12. The lowest BCUT2D eigenvalue weighted by molar-refractivity contribution is -0.138. The van der Waals surface area contributed by atoms with Crippen molar-refractivity contribution in [3.05, 3.63) is 34.9 Å². The van der Waals surface area contributed by atoms with Gasteiger partial charge in [-0.05, 0) is 74.1 Å². The first kappa shape index (κ1) is 27.3. The third kappa shape index (κ3) is 16.9. The van der Waals surface area contributed by atoms with Gasteiger partial charge in [0.1, 0.15) is 11.6 Å². The molecule has 0 spiro atoms. The van der Waals surface area contributed by atoms with E-state index in [4.69, 9.17) is 4.74 Å². The molecule has 0 aliphatic heterocycles. The highest BCUT2D eigenvalue weighted by Gasteiger charge is 2.23. The number of carbonyl (C=O) groups is 2. The summed E-state index contributed by atoms with van der Waals surface area (Å²) in [4.78, 5) is 23.1. The van der Waals surface area contributed by atoms with Crippen LogP contribution < -0.4 is 5.32 Å². The van der Waals surface area contributed by atoms with Crippen LogP contribution in [-0.4, -0.2) is 40.3 Å². The largest absolute Gasteiger partial charge is 0.480 e. The minimum atomic E-state index is -1.06. The van der Waals surface area contributed by atoms with Crippen LogP contribution >= 0.6 is 11.8 Å². The number of allylic oxidation sites excluding steroid dienone is 5. The Morgan fingerprint density at radius 2 is 1.55 bits per heavy atom. The molecule has 0 aromatic heterocycles. The predicted octanol–water partition coefficient (Wildman–Crippen LogP) is 6.12. The van der Waals surface area contributed by atoms with Gasteiger partial charge in [-0.25, -0.2) is 9.59 Å². The highest BCUT2D eigenvalue weighted by Crippen LogP contribution is 2.13. The Morgan fingerprint density at radius 3 is 2.07 bits per heavy atom. The summed E-state index contributed by atoms with van der Waals surface area (Å²) in [6, 6.07) is -0.963. The predicted molar refractivity (Wildman–Crippen MR) is 124 cm³/mol. The first-order valence-corrected chi connectivity index (χ1v) is 11.3. The Balaban J connectivity index is 4.25. The molecule has 0 unspecified atom stereocenters. The van der Waals surface area contributed by atoms with Gasteiger partial charge in [-0.3, -0.25) is 0 Å². The molecular formula is C23H39NO4S. The number of carbonyl (C=O) groups excluding carboxylic acids is 1. The highest BCUT2D eigenvalue weighted by molar-refractivity contribution is 7.99. The van der Waals surface area contributed by atoms with Crippen LogP contribution in [0.5, 0.6) is 0 Å². The van der Waals surface area contributed by atoms with Crippen LogP contribution in [0.4, 0.5) is 4.79 Å². The summed E-state index contributed by atoms with van der Waals surface area (Å²) < 4.78 is 5.12. The van der Waals surface area contributed by atoms with Crippen LogP contribution in [0.1, 0.15) is 74.1 Å². The molecule has 0 aliphatic carbocycles. The van der Waals surface area contributed by atoms with Crippen LogP contribution in [-0.2, 0) is 9.53 Å². The van der Waals surface area contributed by atoms with Gasteiger partial charge in [0.25, 0.3) is 0 Å². The van der Waals surface area contributed by atoms with E-state index in [2.05, 4.69) is 51.2 Å². The van der Waals surface area contributed by atoms with E-state index < -0.39 is 23.7 Å². The number of nitrogens with one attached hydrogen (secondary N) is 1. The summed E-state index contributed by atoms with van der Waals surface area (Å²) in [5, 5.41) is 11.7.